The van der Waals surface area contributed by atoms with Gasteiger partial charge in [0.1, 0.15) is 33.0 Å². The zero-order chi connectivity index (χ0) is 36.0. The minimum atomic E-state index is 0.751. The van der Waals surface area contributed by atoms with Crippen LogP contribution in [0.5, 0.6) is 0 Å². The van der Waals surface area contributed by atoms with Crippen molar-refractivity contribution in [2.45, 2.75) is 0 Å². The third-order valence-electron chi connectivity index (χ3n) is 10.8. The van der Waals surface area contributed by atoms with Crippen LogP contribution in [0.2, 0.25) is 0 Å². The normalized spacial score (nSPS) is 12.0. The van der Waals surface area contributed by atoms with E-state index in [1.54, 1.807) is 11.3 Å². The lowest BCUT2D eigenvalue weighted by Gasteiger charge is -2.12. The smallest absolute Gasteiger partial charge is 0.143 e. The molecule has 0 saturated heterocycles. The van der Waals surface area contributed by atoms with Crippen LogP contribution in [-0.2, 0) is 0 Å². The second-order valence-electron chi connectivity index (χ2n) is 14.0. The summed E-state index contributed by atoms with van der Waals surface area (Å²) in [6.07, 6.45) is 0. The average molecular weight is 721 g/mol. The number of benzene rings is 7. The molecular formula is C49H28N4OS. The average Bonchev–Trinajstić information content (AvgIpc) is 3.91. The number of thiophene rings is 1. The zero-order valence-corrected chi connectivity index (χ0v) is 30.1. The Labute approximate surface area is 318 Å². The molecular weight excluding hydrogens is 693 g/mol. The van der Waals surface area contributed by atoms with Gasteiger partial charge in [-0.1, -0.05) is 109 Å². The van der Waals surface area contributed by atoms with Crippen LogP contribution in [0, 0.1) is 0 Å². The van der Waals surface area contributed by atoms with Crippen LogP contribution in [-0.4, -0.2) is 19.5 Å². The molecule has 5 nitrogen and oxygen atoms in total. The lowest BCUT2D eigenvalue weighted by Crippen LogP contribution is -2.01. The summed E-state index contributed by atoms with van der Waals surface area (Å²) >= 11 is 1.67. The fraction of sp³-hybridized carbons (Fsp3) is 0. The second kappa shape index (κ2) is 11.7. The highest BCUT2D eigenvalue weighted by Crippen LogP contribution is 2.41. The largest absolute Gasteiger partial charge is 0.456 e. The first-order valence-corrected chi connectivity index (χ1v) is 19.2. The summed E-state index contributed by atoms with van der Waals surface area (Å²) in [4.78, 5) is 17.1. The molecule has 0 aliphatic carbocycles. The van der Waals surface area contributed by atoms with Gasteiger partial charge in [0.15, 0.2) is 0 Å². The molecule has 55 heavy (non-hydrogen) atoms. The highest BCUT2D eigenvalue weighted by Gasteiger charge is 2.20. The minimum absolute atomic E-state index is 0.751. The molecule has 0 atom stereocenters. The molecule has 6 heteroatoms. The maximum Gasteiger partial charge on any atom is 0.143 e. The van der Waals surface area contributed by atoms with Crippen molar-refractivity contribution in [1.29, 1.82) is 0 Å². The number of hydrogen-bond donors (Lipinski definition) is 0. The van der Waals surface area contributed by atoms with E-state index in [0.717, 1.165) is 93.0 Å². The summed E-state index contributed by atoms with van der Waals surface area (Å²) in [6, 6.07) is 59.5. The van der Waals surface area contributed by atoms with Gasteiger partial charge < -0.3 is 4.42 Å². The molecule has 0 N–H and O–H groups in total. The van der Waals surface area contributed by atoms with Gasteiger partial charge >= 0.3 is 0 Å². The van der Waals surface area contributed by atoms with Crippen LogP contribution in [0.3, 0.4) is 0 Å². The first kappa shape index (κ1) is 30.3. The van der Waals surface area contributed by atoms with Crippen LogP contribution < -0.4 is 0 Å². The van der Waals surface area contributed by atoms with E-state index >= 15 is 0 Å². The van der Waals surface area contributed by atoms with E-state index in [1.807, 2.05) is 30.3 Å². The molecule has 0 bridgehead atoms. The number of furan rings is 1. The van der Waals surface area contributed by atoms with Gasteiger partial charge in [-0.3, -0.25) is 4.57 Å². The van der Waals surface area contributed by atoms with Crippen molar-refractivity contribution in [2.24, 2.45) is 0 Å². The maximum absolute atomic E-state index is 6.25. The van der Waals surface area contributed by atoms with Gasteiger partial charge in [-0.05, 0) is 82.6 Å². The molecule has 0 saturated carbocycles. The molecule has 12 rings (SSSR count). The SMILES string of the molecule is c1ccc(-c2nc3sc4ccc(-c5ccc6c(c5)oc5ccccc56)cc4c3nc2-c2cccc(-n3c4ccccc4c4cc5ccccc5cc43)n2)cc1. The van der Waals surface area contributed by atoms with Gasteiger partial charge in [-0.15, -0.1) is 11.3 Å². The van der Waals surface area contributed by atoms with Crippen LogP contribution in [0.15, 0.2) is 174 Å². The molecule has 0 unspecified atom stereocenters. The van der Waals surface area contributed by atoms with E-state index in [4.69, 9.17) is 19.4 Å². The van der Waals surface area contributed by atoms with Crippen LogP contribution in [0.25, 0.3) is 115 Å². The zero-order valence-electron chi connectivity index (χ0n) is 29.3. The maximum atomic E-state index is 6.25. The fourth-order valence-corrected chi connectivity index (χ4v) is 9.22. The van der Waals surface area contributed by atoms with Crippen molar-refractivity contribution in [1.82, 2.24) is 19.5 Å². The summed E-state index contributed by atoms with van der Waals surface area (Å²) in [5.41, 5.74) is 10.4. The number of rotatable bonds is 4. The predicted molar refractivity (Wildman–Crippen MR) is 228 cm³/mol. The van der Waals surface area contributed by atoms with Gasteiger partial charge in [0.05, 0.1) is 22.4 Å². The molecule has 12 aromatic rings. The Morgan fingerprint density at radius 1 is 0.436 bits per heavy atom. The lowest BCUT2D eigenvalue weighted by atomic mass is 10.0. The Kier molecular flexibility index (Phi) is 6.44. The fourth-order valence-electron chi connectivity index (χ4n) is 8.22. The number of nitrogens with zero attached hydrogens (tertiary/aromatic N) is 4. The summed E-state index contributed by atoms with van der Waals surface area (Å²) in [5, 5.41) is 8.13. The van der Waals surface area contributed by atoms with Gasteiger partial charge in [0, 0.05) is 37.2 Å². The Balaban J connectivity index is 1.06. The second-order valence-corrected chi connectivity index (χ2v) is 15.0. The van der Waals surface area contributed by atoms with Crippen LogP contribution >= 0.6 is 11.3 Å². The van der Waals surface area contributed by atoms with E-state index in [9.17, 15) is 0 Å². The number of aromatic nitrogens is 4. The van der Waals surface area contributed by atoms with Crippen molar-refractivity contribution < 1.29 is 4.42 Å². The molecule has 0 aliphatic heterocycles. The van der Waals surface area contributed by atoms with Crippen molar-refractivity contribution >= 4 is 86.3 Å². The molecule has 0 amide bonds. The Morgan fingerprint density at radius 2 is 1.18 bits per heavy atom. The third kappa shape index (κ3) is 4.68. The number of hydrogen-bond acceptors (Lipinski definition) is 5. The first-order valence-electron chi connectivity index (χ1n) is 18.3. The first-order chi connectivity index (χ1) is 27.2. The quantitative estimate of drug-likeness (QED) is 0.182. The molecule has 0 aliphatic rings. The number of pyridine rings is 1. The predicted octanol–water partition coefficient (Wildman–Crippen LogP) is 13.4. The van der Waals surface area contributed by atoms with E-state index in [1.165, 1.54) is 21.5 Å². The Hall–Kier alpha value is -7.15. The standard InChI is InChI=1S/C49H28N4OS/c1-2-11-29(12-3-1)46-48(39-17-10-20-45(50-39)53-40-18-8-6-15-34(40)37-25-30-13-4-5-14-31(30)27-41(37)53)51-47-38-26-32(22-24-44(38)55-49(47)52-46)33-21-23-36-35-16-7-9-19-42(35)54-43(36)28-33/h1-28H. The van der Waals surface area contributed by atoms with Gasteiger partial charge in [-0.25, -0.2) is 15.0 Å². The summed E-state index contributed by atoms with van der Waals surface area (Å²) in [5.74, 6) is 0.832. The van der Waals surface area contributed by atoms with E-state index in [0.29, 0.717) is 0 Å². The monoisotopic (exact) mass is 720 g/mol. The minimum Gasteiger partial charge on any atom is -0.456 e. The molecule has 256 valence electrons. The molecule has 5 aromatic heterocycles. The lowest BCUT2D eigenvalue weighted by molar-refractivity contribution is 0.669. The van der Waals surface area contributed by atoms with E-state index < -0.39 is 0 Å². The molecule has 7 aromatic carbocycles. The molecule has 0 radical (unpaired) electrons. The third-order valence-corrected chi connectivity index (χ3v) is 11.9. The Bertz CT molecular complexity index is 3500. The van der Waals surface area contributed by atoms with Crippen molar-refractivity contribution in [3.8, 4) is 39.6 Å². The van der Waals surface area contributed by atoms with Crippen molar-refractivity contribution in [2.75, 3.05) is 0 Å². The van der Waals surface area contributed by atoms with Crippen molar-refractivity contribution in [3.63, 3.8) is 0 Å². The van der Waals surface area contributed by atoms with Crippen LogP contribution in [0.1, 0.15) is 0 Å². The number of fused-ring (bicyclic) bond motifs is 10. The summed E-state index contributed by atoms with van der Waals surface area (Å²) < 4.78 is 9.67. The van der Waals surface area contributed by atoms with Crippen LogP contribution in [0.4, 0.5) is 0 Å². The highest BCUT2D eigenvalue weighted by molar-refractivity contribution is 7.25. The number of para-hydroxylation sites is 2. The van der Waals surface area contributed by atoms with Crippen molar-refractivity contribution in [3.05, 3.63) is 170 Å². The van der Waals surface area contributed by atoms with Gasteiger partial charge in [-0.2, -0.15) is 0 Å². The molecule has 0 spiro atoms. The van der Waals surface area contributed by atoms with Gasteiger partial charge in [0.2, 0.25) is 0 Å². The highest BCUT2D eigenvalue weighted by atomic mass is 32.1. The topological polar surface area (TPSA) is 56.7 Å². The molecule has 5 heterocycles. The summed E-state index contributed by atoms with van der Waals surface area (Å²) in [6.45, 7) is 0. The molecule has 0 fully saturated rings. The van der Waals surface area contributed by atoms with E-state index in [-0.39, 0.29) is 0 Å². The van der Waals surface area contributed by atoms with E-state index in [2.05, 4.69) is 144 Å². The van der Waals surface area contributed by atoms with Gasteiger partial charge in [0.25, 0.3) is 0 Å². The summed E-state index contributed by atoms with van der Waals surface area (Å²) in [7, 11) is 0. The Morgan fingerprint density at radius 3 is 2.09 bits per heavy atom.